The first-order chi connectivity index (χ1) is 14.6. The van der Waals surface area contributed by atoms with Crippen molar-refractivity contribution in [2.45, 2.75) is 13.5 Å². The van der Waals surface area contributed by atoms with Gasteiger partial charge in [-0.1, -0.05) is 60.2 Å². The Balaban J connectivity index is 1.67. The molecular formula is C25H20N4O. The molecule has 1 amide bonds. The number of rotatable bonds is 5. The number of carbonyl (C=O) groups is 1. The third kappa shape index (κ3) is 4.29. The molecule has 3 aromatic carbocycles. The van der Waals surface area contributed by atoms with Crippen LogP contribution in [0.3, 0.4) is 0 Å². The van der Waals surface area contributed by atoms with Crippen molar-refractivity contribution in [2.24, 2.45) is 0 Å². The van der Waals surface area contributed by atoms with Crippen molar-refractivity contribution in [3.05, 3.63) is 107 Å². The van der Waals surface area contributed by atoms with E-state index in [0.717, 1.165) is 16.7 Å². The number of aryl methyl sites for hydroxylation is 1. The summed E-state index contributed by atoms with van der Waals surface area (Å²) < 4.78 is 1.79. The van der Waals surface area contributed by atoms with Crippen LogP contribution in [0.1, 0.15) is 27.0 Å². The molecule has 5 heteroatoms. The second-order valence-corrected chi connectivity index (χ2v) is 7.08. The minimum atomic E-state index is -0.241. The summed E-state index contributed by atoms with van der Waals surface area (Å²) in [5.41, 5.74) is 5.45. The van der Waals surface area contributed by atoms with Crippen molar-refractivity contribution in [3.8, 4) is 17.3 Å². The van der Waals surface area contributed by atoms with Gasteiger partial charge >= 0.3 is 0 Å². The molecule has 1 N–H and O–H groups in total. The van der Waals surface area contributed by atoms with E-state index in [9.17, 15) is 4.79 Å². The average Bonchev–Trinajstić information content (AvgIpc) is 3.19. The second kappa shape index (κ2) is 8.46. The number of nitrogens with zero attached hydrogens (tertiary/aromatic N) is 3. The Morgan fingerprint density at radius 3 is 2.37 bits per heavy atom. The van der Waals surface area contributed by atoms with E-state index in [4.69, 9.17) is 10.4 Å². The molecular weight excluding hydrogens is 372 g/mol. The van der Waals surface area contributed by atoms with Crippen molar-refractivity contribution in [1.29, 1.82) is 5.26 Å². The quantitative estimate of drug-likeness (QED) is 0.518. The van der Waals surface area contributed by atoms with Gasteiger partial charge in [-0.15, -0.1) is 0 Å². The second-order valence-electron chi connectivity index (χ2n) is 7.08. The number of benzene rings is 3. The molecule has 0 spiro atoms. The van der Waals surface area contributed by atoms with Gasteiger partial charge in [0.25, 0.3) is 5.91 Å². The highest BCUT2D eigenvalue weighted by Gasteiger charge is 2.18. The molecule has 0 atom stereocenters. The number of nitriles is 1. The number of nitrogens with one attached hydrogen (secondary N) is 1. The average molecular weight is 392 g/mol. The van der Waals surface area contributed by atoms with Crippen LogP contribution in [0.5, 0.6) is 0 Å². The van der Waals surface area contributed by atoms with Crippen LogP contribution in [0.4, 0.5) is 5.69 Å². The number of amides is 1. The number of aromatic nitrogens is 2. The minimum Gasteiger partial charge on any atom is -0.322 e. The molecule has 0 fully saturated rings. The Kier molecular flexibility index (Phi) is 5.40. The summed E-state index contributed by atoms with van der Waals surface area (Å²) in [6.45, 7) is 2.60. The Labute approximate surface area is 175 Å². The van der Waals surface area contributed by atoms with Gasteiger partial charge in [0.1, 0.15) is 5.69 Å². The van der Waals surface area contributed by atoms with Crippen LogP contribution in [0.25, 0.3) is 11.3 Å². The molecule has 4 aromatic rings. The van der Waals surface area contributed by atoms with E-state index in [1.54, 1.807) is 35.1 Å². The zero-order valence-electron chi connectivity index (χ0n) is 16.5. The van der Waals surface area contributed by atoms with Gasteiger partial charge in [-0.05, 0) is 36.8 Å². The summed E-state index contributed by atoms with van der Waals surface area (Å²) in [5, 5.41) is 16.6. The zero-order chi connectivity index (χ0) is 20.9. The van der Waals surface area contributed by atoms with E-state index in [1.807, 2.05) is 61.5 Å². The standard InChI is InChI=1S/C25H20N4O/c1-18-7-11-21(12-8-18)24-23(17-29(28-24)16-20-5-3-2-4-6-20)25(30)27-22-13-9-19(15-26)10-14-22/h2-14,17H,16H2,1H3,(H,27,30). The Morgan fingerprint density at radius 1 is 1.00 bits per heavy atom. The molecule has 0 aliphatic heterocycles. The number of hydrogen-bond acceptors (Lipinski definition) is 3. The van der Waals surface area contributed by atoms with Crippen LogP contribution >= 0.6 is 0 Å². The van der Waals surface area contributed by atoms with E-state index in [0.29, 0.717) is 29.1 Å². The predicted molar refractivity (Wildman–Crippen MR) is 117 cm³/mol. The third-order valence-corrected chi connectivity index (χ3v) is 4.79. The smallest absolute Gasteiger partial charge is 0.259 e. The van der Waals surface area contributed by atoms with Crippen molar-refractivity contribution in [3.63, 3.8) is 0 Å². The Hall–Kier alpha value is -4.17. The Bertz CT molecular complexity index is 1200. The molecule has 0 bridgehead atoms. The third-order valence-electron chi connectivity index (χ3n) is 4.79. The highest BCUT2D eigenvalue weighted by Crippen LogP contribution is 2.24. The number of anilines is 1. The number of carbonyl (C=O) groups excluding carboxylic acids is 1. The molecule has 0 aliphatic carbocycles. The van der Waals surface area contributed by atoms with Crippen LogP contribution < -0.4 is 5.32 Å². The summed E-state index contributed by atoms with van der Waals surface area (Å²) in [4.78, 5) is 13.1. The summed E-state index contributed by atoms with van der Waals surface area (Å²) in [5.74, 6) is -0.241. The van der Waals surface area contributed by atoms with Gasteiger partial charge in [0.2, 0.25) is 0 Å². The fraction of sp³-hybridized carbons (Fsp3) is 0.0800. The lowest BCUT2D eigenvalue weighted by molar-refractivity contribution is 0.102. The van der Waals surface area contributed by atoms with Crippen molar-refractivity contribution in [1.82, 2.24) is 9.78 Å². The summed E-state index contributed by atoms with van der Waals surface area (Å²) in [6, 6.07) is 26.8. The maximum Gasteiger partial charge on any atom is 0.259 e. The van der Waals surface area contributed by atoms with Crippen molar-refractivity contribution in [2.75, 3.05) is 5.32 Å². The van der Waals surface area contributed by atoms with Gasteiger partial charge in [0, 0.05) is 17.4 Å². The first kappa shape index (κ1) is 19.2. The zero-order valence-corrected chi connectivity index (χ0v) is 16.5. The van der Waals surface area contributed by atoms with Gasteiger partial charge in [-0.25, -0.2) is 0 Å². The molecule has 1 heterocycles. The molecule has 0 saturated carbocycles. The molecule has 1 aromatic heterocycles. The lowest BCUT2D eigenvalue weighted by atomic mass is 10.1. The largest absolute Gasteiger partial charge is 0.322 e. The fourth-order valence-corrected chi connectivity index (χ4v) is 3.19. The van der Waals surface area contributed by atoms with Crippen LogP contribution in [0.15, 0.2) is 85.1 Å². The van der Waals surface area contributed by atoms with Crippen LogP contribution in [-0.2, 0) is 6.54 Å². The summed E-state index contributed by atoms with van der Waals surface area (Å²) in [6.07, 6.45) is 1.78. The first-order valence-electron chi connectivity index (χ1n) is 9.62. The SMILES string of the molecule is Cc1ccc(-c2nn(Cc3ccccc3)cc2C(=O)Nc2ccc(C#N)cc2)cc1. The van der Waals surface area contributed by atoms with Crippen molar-refractivity contribution < 1.29 is 4.79 Å². The Morgan fingerprint density at radius 2 is 1.70 bits per heavy atom. The lowest BCUT2D eigenvalue weighted by Crippen LogP contribution is -2.12. The molecule has 146 valence electrons. The number of hydrogen-bond donors (Lipinski definition) is 1. The van der Waals surface area contributed by atoms with Gasteiger partial charge in [0.15, 0.2) is 0 Å². The predicted octanol–water partition coefficient (Wildman–Crippen LogP) is 5.03. The highest BCUT2D eigenvalue weighted by molar-refractivity contribution is 6.08. The van der Waals surface area contributed by atoms with E-state index >= 15 is 0 Å². The van der Waals surface area contributed by atoms with Crippen molar-refractivity contribution >= 4 is 11.6 Å². The van der Waals surface area contributed by atoms with Gasteiger partial charge in [0.05, 0.1) is 23.7 Å². The molecule has 0 saturated heterocycles. The van der Waals surface area contributed by atoms with Gasteiger partial charge in [-0.3, -0.25) is 9.48 Å². The van der Waals surface area contributed by atoms with E-state index in [-0.39, 0.29) is 5.91 Å². The summed E-state index contributed by atoms with van der Waals surface area (Å²) >= 11 is 0. The topological polar surface area (TPSA) is 70.7 Å². The van der Waals surface area contributed by atoms with Gasteiger partial charge < -0.3 is 5.32 Å². The molecule has 0 aliphatic rings. The monoisotopic (exact) mass is 392 g/mol. The molecule has 5 nitrogen and oxygen atoms in total. The molecule has 0 unspecified atom stereocenters. The van der Waals surface area contributed by atoms with Crippen LogP contribution in [0.2, 0.25) is 0 Å². The maximum absolute atomic E-state index is 13.1. The van der Waals surface area contributed by atoms with Crippen LogP contribution in [0, 0.1) is 18.3 Å². The first-order valence-corrected chi connectivity index (χ1v) is 9.62. The lowest BCUT2D eigenvalue weighted by Gasteiger charge is -2.06. The van der Waals surface area contributed by atoms with Gasteiger partial charge in [-0.2, -0.15) is 10.4 Å². The molecule has 4 rings (SSSR count). The van der Waals surface area contributed by atoms with Crippen LogP contribution in [-0.4, -0.2) is 15.7 Å². The maximum atomic E-state index is 13.1. The summed E-state index contributed by atoms with van der Waals surface area (Å²) in [7, 11) is 0. The highest BCUT2D eigenvalue weighted by atomic mass is 16.1. The minimum absolute atomic E-state index is 0.241. The van der Waals surface area contributed by atoms with E-state index < -0.39 is 0 Å². The molecule has 30 heavy (non-hydrogen) atoms. The van der Waals surface area contributed by atoms with E-state index in [2.05, 4.69) is 11.4 Å². The van der Waals surface area contributed by atoms with E-state index in [1.165, 1.54) is 0 Å². The molecule has 0 radical (unpaired) electrons. The normalized spacial score (nSPS) is 10.4. The fourth-order valence-electron chi connectivity index (χ4n) is 3.19.